The van der Waals surface area contributed by atoms with E-state index in [2.05, 4.69) is 27.1 Å². The summed E-state index contributed by atoms with van der Waals surface area (Å²) in [5.41, 5.74) is 4.27. The van der Waals surface area contributed by atoms with Crippen LogP contribution in [0.5, 0.6) is 0 Å². The van der Waals surface area contributed by atoms with Gasteiger partial charge in [-0.3, -0.25) is 4.79 Å². The van der Waals surface area contributed by atoms with E-state index < -0.39 is 0 Å². The molecule has 0 saturated heterocycles. The summed E-state index contributed by atoms with van der Waals surface area (Å²) in [7, 11) is 0. The number of fused-ring (bicyclic) bond motifs is 1. The van der Waals surface area contributed by atoms with Crippen LogP contribution in [0.2, 0.25) is 0 Å². The third kappa shape index (κ3) is 2.76. The maximum Gasteiger partial charge on any atom is 0.224 e. The Labute approximate surface area is 115 Å². The van der Waals surface area contributed by atoms with Gasteiger partial charge in [-0.25, -0.2) is 4.98 Å². The Morgan fingerprint density at radius 3 is 3.11 bits per heavy atom. The topological polar surface area (TPSA) is 54.0 Å². The molecule has 3 rings (SSSR count). The minimum atomic E-state index is 0.103. The molecule has 19 heavy (non-hydrogen) atoms. The predicted molar refractivity (Wildman–Crippen MR) is 77.6 cm³/mol. The third-order valence-electron chi connectivity index (χ3n) is 3.11. The fourth-order valence-corrected chi connectivity index (χ4v) is 2.87. The van der Waals surface area contributed by atoms with Crippen LogP contribution in [0.3, 0.4) is 0 Å². The quantitative estimate of drug-likeness (QED) is 0.904. The number of anilines is 2. The molecule has 0 bridgehead atoms. The van der Waals surface area contributed by atoms with Crippen LogP contribution in [-0.4, -0.2) is 10.9 Å². The lowest BCUT2D eigenvalue weighted by Crippen LogP contribution is -2.18. The summed E-state index contributed by atoms with van der Waals surface area (Å²) in [6, 6.07) is 6.06. The van der Waals surface area contributed by atoms with E-state index in [1.807, 2.05) is 19.1 Å². The number of carbonyl (C=O) groups excluding carboxylic acids is 1. The van der Waals surface area contributed by atoms with E-state index in [0.29, 0.717) is 6.42 Å². The minimum absolute atomic E-state index is 0.103. The second kappa shape index (κ2) is 5.01. The average molecular weight is 273 g/mol. The third-order valence-corrected chi connectivity index (χ3v) is 4.08. The molecule has 1 aliphatic rings. The first-order chi connectivity index (χ1) is 9.20. The average Bonchev–Trinajstić information content (AvgIpc) is 2.82. The van der Waals surface area contributed by atoms with Gasteiger partial charge in [-0.15, -0.1) is 11.3 Å². The molecule has 1 aliphatic heterocycles. The Balaban J connectivity index is 1.70. The van der Waals surface area contributed by atoms with Crippen molar-refractivity contribution in [3.05, 3.63) is 39.8 Å². The van der Waals surface area contributed by atoms with Crippen LogP contribution in [0.25, 0.3) is 0 Å². The number of hydrogen-bond acceptors (Lipinski definition) is 4. The molecule has 0 spiro atoms. The van der Waals surface area contributed by atoms with Gasteiger partial charge in [-0.2, -0.15) is 0 Å². The molecule has 1 amide bonds. The van der Waals surface area contributed by atoms with Crippen molar-refractivity contribution < 1.29 is 4.79 Å². The van der Waals surface area contributed by atoms with Gasteiger partial charge in [0.05, 0.1) is 6.54 Å². The van der Waals surface area contributed by atoms with E-state index in [4.69, 9.17) is 0 Å². The molecule has 2 N–H and O–H groups in total. The number of rotatable bonds is 3. The predicted octanol–water partition coefficient (Wildman–Crippen LogP) is 2.95. The maximum absolute atomic E-state index is 11.3. The molecule has 0 aliphatic carbocycles. The number of nitrogens with zero attached hydrogens (tertiary/aromatic N) is 1. The fourth-order valence-electron chi connectivity index (χ4n) is 2.15. The van der Waals surface area contributed by atoms with Gasteiger partial charge in [-0.1, -0.05) is 0 Å². The van der Waals surface area contributed by atoms with Crippen molar-refractivity contribution in [3.8, 4) is 0 Å². The molecule has 2 heterocycles. The largest absolute Gasteiger partial charge is 0.379 e. The SMILES string of the molecule is Cc1csc(CNc2ccc3c(c2)CCC(=O)N3)n1. The van der Waals surface area contributed by atoms with Gasteiger partial charge in [0, 0.05) is 28.9 Å². The Bertz CT molecular complexity index is 621. The van der Waals surface area contributed by atoms with Crippen LogP contribution >= 0.6 is 11.3 Å². The van der Waals surface area contributed by atoms with Gasteiger partial charge in [0.15, 0.2) is 0 Å². The standard InChI is InChI=1S/C14H15N3OS/c1-9-8-19-14(16-9)7-15-11-3-4-12-10(6-11)2-5-13(18)17-12/h3-4,6,8,15H,2,5,7H2,1H3,(H,17,18). The van der Waals surface area contributed by atoms with E-state index >= 15 is 0 Å². The van der Waals surface area contributed by atoms with Gasteiger partial charge in [0.25, 0.3) is 0 Å². The summed E-state index contributed by atoms with van der Waals surface area (Å²) < 4.78 is 0. The number of aryl methyl sites for hydroxylation is 2. The Morgan fingerprint density at radius 1 is 1.42 bits per heavy atom. The smallest absolute Gasteiger partial charge is 0.224 e. The summed E-state index contributed by atoms with van der Waals surface area (Å²) in [6.45, 7) is 2.74. The van der Waals surface area contributed by atoms with Gasteiger partial charge >= 0.3 is 0 Å². The van der Waals surface area contributed by atoms with Crippen molar-refractivity contribution in [1.82, 2.24) is 4.98 Å². The monoisotopic (exact) mass is 273 g/mol. The highest BCUT2D eigenvalue weighted by molar-refractivity contribution is 7.09. The van der Waals surface area contributed by atoms with Gasteiger partial charge < -0.3 is 10.6 Å². The molecule has 2 aromatic rings. The number of thiazole rings is 1. The molecule has 0 saturated carbocycles. The van der Waals surface area contributed by atoms with Gasteiger partial charge in [0.2, 0.25) is 5.91 Å². The van der Waals surface area contributed by atoms with E-state index in [9.17, 15) is 4.79 Å². The Kier molecular flexibility index (Phi) is 3.21. The minimum Gasteiger partial charge on any atom is -0.379 e. The number of benzene rings is 1. The normalized spacial score (nSPS) is 13.8. The zero-order chi connectivity index (χ0) is 13.2. The zero-order valence-electron chi connectivity index (χ0n) is 10.7. The lowest BCUT2D eigenvalue weighted by atomic mass is 10.0. The second-order valence-corrected chi connectivity index (χ2v) is 5.60. The van der Waals surface area contributed by atoms with Crippen LogP contribution in [0.4, 0.5) is 11.4 Å². The first-order valence-corrected chi connectivity index (χ1v) is 7.16. The van der Waals surface area contributed by atoms with Gasteiger partial charge in [-0.05, 0) is 37.1 Å². The Morgan fingerprint density at radius 2 is 2.32 bits per heavy atom. The summed E-state index contributed by atoms with van der Waals surface area (Å²) in [5.74, 6) is 0.103. The first-order valence-electron chi connectivity index (χ1n) is 6.28. The highest BCUT2D eigenvalue weighted by Gasteiger charge is 2.14. The fraction of sp³-hybridized carbons (Fsp3) is 0.286. The molecule has 1 aromatic carbocycles. The number of carbonyl (C=O) groups is 1. The molecule has 5 heteroatoms. The number of amides is 1. The molecule has 0 radical (unpaired) electrons. The number of hydrogen-bond donors (Lipinski definition) is 2. The van der Waals surface area contributed by atoms with E-state index in [0.717, 1.165) is 35.0 Å². The molecule has 98 valence electrons. The highest BCUT2D eigenvalue weighted by Crippen LogP contribution is 2.26. The summed E-state index contributed by atoms with van der Waals surface area (Å²) in [6.07, 6.45) is 1.38. The van der Waals surface area contributed by atoms with Crippen LogP contribution in [0, 0.1) is 6.92 Å². The zero-order valence-corrected chi connectivity index (χ0v) is 11.5. The van der Waals surface area contributed by atoms with Crippen LogP contribution in [-0.2, 0) is 17.8 Å². The van der Waals surface area contributed by atoms with Crippen molar-refractivity contribution in [1.29, 1.82) is 0 Å². The van der Waals surface area contributed by atoms with E-state index in [1.54, 1.807) is 11.3 Å². The number of nitrogens with one attached hydrogen (secondary N) is 2. The van der Waals surface area contributed by atoms with Crippen LogP contribution in [0.15, 0.2) is 23.6 Å². The van der Waals surface area contributed by atoms with Crippen molar-refractivity contribution >= 4 is 28.6 Å². The van der Waals surface area contributed by atoms with E-state index in [-0.39, 0.29) is 5.91 Å². The number of aromatic nitrogens is 1. The Hall–Kier alpha value is -1.88. The van der Waals surface area contributed by atoms with E-state index in [1.165, 1.54) is 5.56 Å². The first kappa shape index (κ1) is 12.2. The molecule has 0 unspecified atom stereocenters. The van der Waals surface area contributed by atoms with Crippen LogP contribution in [0.1, 0.15) is 22.7 Å². The molecular weight excluding hydrogens is 258 g/mol. The summed E-state index contributed by atoms with van der Waals surface area (Å²) >= 11 is 1.67. The highest BCUT2D eigenvalue weighted by atomic mass is 32.1. The van der Waals surface area contributed by atoms with Crippen LogP contribution < -0.4 is 10.6 Å². The molecule has 0 fully saturated rings. The summed E-state index contributed by atoms with van der Waals surface area (Å²) in [5, 5.41) is 9.40. The van der Waals surface area contributed by atoms with Crippen molar-refractivity contribution in [2.24, 2.45) is 0 Å². The summed E-state index contributed by atoms with van der Waals surface area (Å²) in [4.78, 5) is 15.7. The van der Waals surface area contributed by atoms with Gasteiger partial charge in [0.1, 0.15) is 5.01 Å². The van der Waals surface area contributed by atoms with Crippen molar-refractivity contribution in [3.63, 3.8) is 0 Å². The van der Waals surface area contributed by atoms with Crippen molar-refractivity contribution in [2.45, 2.75) is 26.3 Å². The molecule has 4 nitrogen and oxygen atoms in total. The molecular formula is C14H15N3OS. The lowest BCUT2D eigenvalue weighted by Gasteiger charge is -2.17. The maximum atomic E-state index is 11.3. The lowest BCUT2D eigenvalue weighted by molar-refractivity contribution is -0.116. The van der Waals surface area contributed by atoms with Crippen molar-refractivity contribution in [2.75, 3.05) is 10.6 Å². The molecule has 1 aromatic heterocycles. The second-order valence-electron chi connectivity index (χ2n) is 4.66. The molecule has 0 atom stereocenters.